The molecule has 0 aromatic heterocycles. The second kappa shape index (κ2) is 4.56. The van der Waals surface area contributed by atoms with Gasteiger partial charge in [0.05, 0.1) is 0 Å². The molecule has 2 nitrogen and oxygen atoms in total. The first-order valence-electron chi connectivity index (χ1n) is 5.53. The van der Waals surface area contributed by atoms with Crippen molar-refractivity contribution in [1.29, 1.82) is 0 Å². The Bertz CT molecular complexity index is 397. The van der Waals surface area contributed by atoms with Crippen molar-refractivity contribution in [2.24, 2.45) is 0 Å². The van der Waals surface area contributed by atoms with E-state index in [1.54, 1.807) is 19.1 Å². The standard InChI is InChI=1S/C12H14F3NO/c1-8-6-9(10-4-5-16-7-10)2-3-11(8)17-12(13,14)15/h2-3,6,10,16H,4-5,7H2,1H3. The molecule has 1 aromatic carbocycles. The summed E-state index contributed by atoms with van der Waals surface area (Å²) in [6.07, 6.45) is -3.60. The largest absolute Gasteiger partial charge is 0.573 e. The van der Waals surface area contributed by atoms with Crippen molar-refractivity contribution < 1.29 is 17.9 Å². The summed E-state index contributed by atoms with van der Waals surface area (Å²) in [6.45, 7) is 3.48. The molecule has 1 N–H and O–H groups in total. The van der Waals surface area contributed by atoms with E-state index < -0.39 is 6.36 Å². The fourth-order valence-corrected chi connectivity index (χ4v) is 2.10. The van der Waals surface area contributed by atoms with Crippen LogP contribution < -0.4 is 10.1 Å². The van der Waals surface area contributed by atoms with Crippen molar-refractivity contribution in [1.82, 2.24) is 5.32 Å². The van der Waals surface area contributed by atoms with Crippen LogP contribution in [0, 0.1) is 6.92 Å². The Labute approximate surface area is 97.8 Å². The van der Waals surface area contributed by atoms with E-state index >= 15 is 0 Å². The van der Waals surface area contributed by atoms with Crippen LogP contribution in [0.25, 0.3) is 0 Å². The topological polar surface area (TPSA) is 21.3 Å². The van der Waals surface area contributed by atoms with Gasteiger partial charge < -0.3 is 10.1 Å². The highest BCUT2D eigenvalue weighted by Gasteiger charge is 2.31. The molecule has 1 aliphatic rings. The maximum atomic E-state index is 12.1. The predicted octanol–water partition coefficient (Wildman–Crippen LogP) is 2.97. The molecule has 1 atom stereocenters. The maximum Gasteiger partial charge on any atom is 0.573 e. The SMILES string of the molecule is Cc1cc(C2CCNC2)ccc1OC(F)(F)F. The molecule has 1 fully saturated rings. The van der Waals surface area contributed by atoms with Crippen LogP contribution in [-0.4, -0.2) is 19.5 Å². The van der Waals surface area contributed by atoms with E-state index in [9.17, 15) is 13.2 Å². The average Bonchev–Trinajstić information content (AvgIpc) is 2.72. The normalized spacial score (nSPS) is 20.6. The van der Waals surface area contributed by atoms with Gasteiger partial charge in [0.15, 0.2) is 0 Å². The van der Waals surface area contributed by atoms with Gasteiger partial charge in [-0.1, -0.05) is 12.1 Å². The number of rotatable bonds is 2. The van der Waals surface area contributed by atoms with Gasteiger partial charge in [-0.25, -0.2) is 0 Å². The van der Waals surface area contributed by atoms with Gasteiger partial charge in [-0.3, -0.25) is 0 Å². The second-order valence-electron chi connectivity index (χ2n) is 4.26. The number of hydrogen-bond donors (Lipinski definition) is 1. The summed E-state index contributed by atoms with van der Waals surface area (Å²) < 4.78 is 40.2. The number of ether oxygens (including phenoxy) is 1. The highest BCUT2D eigenvalue weighted by atomic mass is 19.4. The monoisotopic (exact) mass is 245 g/mol. The van der Waals surface area contributed by atoms with Crippen LogP contribution in [0.15, 0.2) is 18.2 Å². The van der Waals surface area contributed by atoms with Crippen LogP contribution in [0.4, 0.5) is 13.2 Å². The molecule has 1 aromatic rings. The molecule has 94 valence electrons. The first-order chi connectivity index (χ1) is 7.96. The molecule has 0 radical (unpaired) electrons. The molecular formula is C12H14F3NO. The van der Waals surface area contributed by atoms with Crippen LogP contribution in [0.2, 0.25) is 0 Å². The summed E-state index contributed by atoms with van der Waals surface area (Å²) in [4.78, 5) is 0. The van der Waals surface area contributed by atoms with Crippen molar-refractivity contribution in [3.63, 3.8) is 0 Å². The van der Waals surface area contributed by atoms with E-state index in [0.29, 0.717) is 11.5 Å². The lowest BCUT2D eigenvalue weighted by Gasteiger charge is -2.14. The fourth-order valence-electron chi connectivity index (χ4n) is 2.10. The molecule has 0 aliphatic carbocycles. The first kappa shape index (κ1) is 12.2. The van der Waals surface area contributed by atoms with Gasteiger partial charge >= 0.3 is 6.36 Å². The number of halogens is 3. The van der Waals surface area contributed by atoms with Crippen molar-refractivity contribution in [3.8, 4) is 5.75 Å². The molecular weight excluding hydrogens is 231 g/mol. The van der Waals surface area contributed by atoms with Gasteiger partial charge in [-0.2, -0.15) is 0 Å². The molecule has 0 saturated carbocycles. The molecule has 1 aliphatic heterocycles. The van der Waals surface area contributed by atoms with Gasteiger partial charge in [-0.15, -0.1) is 13.2 Å². The van der Waals surface area contributed by atoms with Crippen LogP contribution >= 0.6 is 0 Å². The number of nitrogens with one attached hydrogen (secondary N) is 1. The molecule has 0 spiro atoms. The molecule has 17 heavy (non-hydrogen) atoms. The fraction of sp³-hybridized carbons (Fsp3) is 0.500. The third-order valence-corrected chi connectivity index (χ3v) is 2.96. The van der Waals surface area contributed by atoms with Gasteiger partial charge in [0.1, 0.15) is 5.75 Å². The number of hydrogen-bond acceptors (Lipinski definition) is 2. The third-order valence-electron chi connectivity index (χ3n) is 2.96. The highest BCUT2D eigenvalue weighted by Crippen LogP contribution is 2.30. The summed E-state index contributed by atoms with van der Waals surface area (Å²) in [5.74, 6) is 0.279. The molecule has 1 heterocycles. The summed E-state index contributed by atoms with van der Waals surface area (Å²) in [7, 11) is 0. The highest BCUT2D eigenvalue weighted by molar-refractivity contribution is 5.38. The Hall–Kier alpha value is -1.23. The number of benzene rings is 1. The quantitative estimate of drug-likeness (QED) is 0.864. The van der Waals surface area contributed by atoms with Crippen molar-refractivity contribution in [3.05, 3.63) is 29.3 Å². The zero-order chi connectivity index (χ0) is 12.5. The lowest BCUT2D eigenvalue weighted by atomic mass is 9.96. The lowest BCUT2D eigenvalue weighted by molar-refractivity contribution is -0.274. The number of alkyl halides is 3. The molecule has 5 heteroatoms. The summed E-state index contributed by atoms with van der Waals surface area (Å²) in [5.41, 5.74) is 1.59. The Morgan fingerprint density at radius 2 is 2.12 bits per heavy atom. The van der Waals surface area contributed by atoms with Gasteiger partial charge in [-0.05, 0) is 43.0 Å². The molecule has 0 bridgehead atoms. The lowest BCUT2D eigenvalue weighted by Crippen LogP contribution is -2.18. The smallest absolute Gasteiger partial charge is 0.406 e. The van der Waals surface area contributed by atoms with Crippen LogP contribution in [0.5, 0.6) is 5.75 Å². The Balaban J connectivity index is 2.16. The molecule has 0 amide bonds. The predicted molar refractivity (Wildman–Crippen MR) is 58.1 cm³/mol. The Morgan fingerprint density at radius 1 is 1.35 bits per heavy atom. The van der Waals surface area contributed by atoms with Gasteiger partial charge in [0, 0.05) is 6.54 Å². The van der Waals surface area contributed by atoms with E-state index in [1.165, 1.54) is 6.07 Å². The zero-order valence-corrected chi connectivity index (χ0v) is 9.47. The van der Waals surface area contributed by atoms with Gasteiger partial charge in [0.2, 0.25) is 0 Å². The number of aryl methyl sites for hydroxylation is 1. The third kappa shape index (κ3) is 3.12. The van der Waals surface area contributed by atoms with E-state index in [4.69, 9.17) is 0 Å². The van der Waals surface area contributed by atoms with Gasteiger partial charge in [0.25, 0.3) is 0 Å². The van der Waals surface area contributed by atoms with E-state index in [-0.39, 0.29) is 5.75 Å². The van der Waals surface area contributed by atoms with Crippen molar-refractivity contribution in [2.75, 3.05) is 13.1 Å². The van der Waals surface area contributed by atoms with Crippen LogP contribution in [0.1, 0.15) is 23.5 Å². The summed E-state index contributed by atoms with van der Waals surface area (Å²) in [6, 6.07) is 4.89. The molecule has 2 rings (SSSR count). The second-order valence-corrected chi connectivity index (χ2v) is 4.26. The Kier molecular flexibility index (Phi) is 3.28. The summed E-state index contributed by atoms with van der Waals surface area (Å²) in [5, 5.41) is 3.23. The minimum atomic E-state index is -4.62. The van der Waals surface area contributed by atoms with Crippen molar-refractivity contribution in [2.45, 2.75) is 25.6 Å². The Morgan fingerprint density at radius 3 is 2.65 bits per heavy atom. The first-order valence-corrected chi connectivity index (χ1v) is 5.53. The zero-order valence-electron chi connectivity index (χ0n) is 9.47. The van der Waals surface area contributed by atoms with Crippen LogP contribution in [0.3, 0.4) is 0 Å². The average molecular weight is 245 g/mol. The molecule has 1 saturated heterocycles. The van der Waals surface area contributed by atoms with E-state index in [1.807, 2.05) is 0 Å². The van der Waals surface area contributed by atoms with E-state index in [0.717, 1.165) is 25.1 Å². The minimum Gasteiger partial charge on any atom is -0.406 e. The molecule has 1 unspecified atom stereocenters. The minimum absolute atomic E-state index is 0.118. The summed E-state index contributed by atoms with van der Waals surface area (Å²) >= 11 is 0. The van der Waals surface area contributed by atoms with Crippen molar-refractivity contribution >= 4 is 0 Å². The van der Waals surface area contributed by atoms with E-state index in [2.05, 4.69) is 10.1 Å². The van der Waals surface area contributed by atoms with Crippen LogP contribution in [-0.2, 0) is 0 Å². The maximum absolute atomic E-state index is 12.1.